The van der Waals surface area contributed by atoms with Crippen LogP contribution in [0.4, 0.5) is 5.69 Å². The average molecular weight is 372 g/mol. The van der Waals surface area contributed by atoms with Crippen molar-refractivity contribution in [2.24, 2.45) is 5.92 Å². The summed E-state index contributed by atoms with van der Waals surface area (Å²) in [5.41, 5.74) is 3.31. The Hall–Kier alpha value is -2.53. The molecular weight excluding hydrogens is 354 g/mol. The van der Waals surface area contributed by atoms with Gasteiger partial charge >= 0.3 is 5.97 Å². The van der Waals surface area contributed by atoms with E-state index in [1.165, 1.54) is 7.11 Å². The summed E-state index contributed by atoms with van der Waals surface area (Å²) in [6.45, 7) is 0.969. The van der Waals surface area contributed by atoms with Gasteiger partial charge in [-0.3, -0.25) is 4.79 Å². The summed E-state index contributed by atoms with van der Waals surface area (Å²) in [6, 6.07) is 10.8. The van der Waals surface area contributed by atoms with E-state index in [0.29, 0.717) is 30.2 Å². The standard InChI is InChI=1S/C20H18ClNO4/c1-25-20(24)13-2-4-17-12(8-13)6-7-22(17)19(23)15-9-14-10-16(21)3-5-18(14)26-11-15/h2-5,8,10,15H,6-7,9,11H2,1H3. The third-order valence-corrected chi connectivity index (χ3v) is 5.18. The van der Waals surface area contributed by atoms with Crippen molar-refractivity contribution in [2.75, 3.05) is 25.2 Å². The summed E-state index contributed by atoms with van der Waals surface area (Å²) in [4.78, 5) is 26.5. The second-order valence-electron chi connectivity index (χ2n) is 6.54. The molecule has 0 saturated carbocycles. The molecule has 0 aliphatic carbocycles. The molecule has 2 aliphatic heterocycles. The highest BCUT2D eigenvalue weighted by atomic mass is 35.5. The molecule has 1 unspecified atom stereocenters. The highest BCUT2D eigenvalue weighted by molar-refractivity contribution is 6.30. The van der Waals surface area contributed by atoms with Gasteiger partial charge in [0.05, 0.1) is 18.6 Å². The van der Waals surface area contributed by atoms with Crippen LogP contribution < -0.4 is 9.64 Å². The first-order chi connectivity index (χ1) is 12.6. The van der Waals surface area contributed by atoms with Gasteiger partial charge in [-0.1, -0.05) is 11.6 Å². The average Bonchev–Trinajstić information content (AvgIpc) is 3.09. The predicted octanol–water partition coefficient (Wildman–Crippen LogP) is 3.27. The van der Waals surface area contributed by atoms with E-state index in [0.717, 1.165) is 29.0 Å². The molecule has 2 aliphatic rings. The number of halogens is 1. The van der Waals surface area contributed by atoms with Gasteiger partial charge in [-0.2, -0.15) is 0 Å². The molecule has 4 rings (SSSR count). The van der Waals surface area contributed by atoms with E-state index in [-0.39, 0.29) is 17.8 Å². The van der Waals surface area contributed by atoms with Crippen molar-refractivity contribution < 1.29 is 19.1 Å². The van der Waals surface area contributed by atoms with Gasteiger partial charge in [-0.05, 0) is 60.4 Å². The van der Waals surface area contributed by atoms with E-state index in [9.17, 15) is 9.59 Å². The third kappa shape index (κ3) is 2.92. The first-order valence-electron chi connectivity index (χ1n) is 8.50. The highest BCUT2D eigenvalue weighted by Crippen LogP contribution is 2.34. The minimum Gasteiger partial charge on any atom is -0.492 e. The fourth-order valence-corrected chi connectivity index (χ4v) is 3.81. The molecule has 5 nitrogen and oxygen atoms in total. The van der Waals surface area contributed by atoms with E-state index in [1.54, 1.807) is 23.1 Å². The zero-order chi connectivity index (χ0) is 18.3. The van der Waals surface area contributed by atoms with Crippen LogP contribution in [0.5, 0.6) is 5.75 Å². The van der Waals surface area contributed by atoms with Gasteiger partial charge in [-0.15, -0.1) is 0 Å². The van der Waals surface area contributed by atoms with Crippen LogP contribution in [0.15, 0.2) is 36.4 Å². The molecule has 1 atom stereocenters. The lowest BCUT2D eigenvalue weighted by atomic mass is 9.95. The number of esters is 1. The maximum absolute atomic E-state index is 13.1. The third-order valence-electron chi connectivity index (χ3n) is 4.94. The lowest BCUT2D eigenvalue weighted by Gasteiger charge is -2.28. The van der Waals surface area contributed by atoms with E-state index in [1.807, 2.05) is 18.2 Å². The first kappa shape index (κ1) is 16.9. The minimum atomic E-state index is -0.369. The maximum Gasteiger partial charge on any atom is 0.337 e. The Morgan fingerprint density at radius 1 is 1.19 bits per heavy atom. The molecule has 0 radical (unpaired) electrons. The molecule has 0 fully saturated rings. The quantitative estimate of drug-likeness (QED) is 0.760. The molecule has 0 spiro atoms. The predicted molar refractivity (Wildman–Crippen MR) is 98.0 cm³/mol. The van der Waals surface area contributed by atoms with Gasteiger partial charge in [0.2, 0.25) is 5.91 Å². The van der Waals surface area contributed by atoms with Crippen LogP contribution in [0.3, 0.4) is 0 Å². The number of amides is 1. The van der Waals surface area contributed by atoms with Crippen LogP contribution in [-0.4, -0.2) is 32.1 Å². The normalized spacial score (nSPS) is 17.9. The number of hydrogen-bond acceptors (Lipinski definition) is 4. The van der Waals surface area contributed by atoms with E-state index in [4.69, 9.17) is 21.1 Å². The number of fused-ring (bicyclic) bond motifs is 2. The molecular formula is C20H18ClNO4. The second-order valence-corrected chi connectivity index (χ2v) is 6.98. The molecule has 2 aromatic rings. The second kappa shape index (κ2) is 6.65. The van der Waals surface area contributed by atoms with Crippen LogP contribution in [-0.2, 0) is 22.4 Å². The molecule has 0 saturated heterocycles. The number of hydrogen-bond donors (Lipinski definition) is 0. The van der Waals surface area contributed by atoms with Gasteiger partial charge in [0.25, 0.3) is 0 Å². The first-order valence-corrected chi connectivity index (χ1v) is 8.88. The lowest BCUT2D eigenvalue weighted by Crippen LogP contribution is -2.40. The minimum absolute atomic E-state index is 0.0418. The monoisotopic (exact) mass is 371 g/mol. The molecule has 1 amide bonds. The fraction of sp³-hybridized carbons (Fsp3) is 0.300. The molecule has 2 aromatic carbocycles. The summed E-state index contributed by atoms with van der Waals surface area (Å²) in [5, 5.41) is 0.641. The zero-order valence-corrected chi connectivity index (χ0v) is 15.1. The van der Waals surface area contributed by atoms with E-state index >= 15 is 0 Å². The van der Waals surface area contributed by atoms with Gasteiger partial charge in [-0.25, -0.2) is 4.79 Å². The summed E-state index contributed by atoms with van der Waals surface area (Å²) >= 11 is 6.06. The van der Waals surface area contributed by atoms with Crippen molar-refractivity contribution >= 4 is 29.2 Å². The Morgan fingerprint density at radius 2 is 2.04 bits per heavy atom. The molecule has 0 N–H and O–H groups in total. The SMILES string of the molecule is COC(=O)c1ccc2c(c1)CCN2C(=O)C1COc2ccc(Cl)cc2C1. The van der Waals surface area contributed by atoms with Crippen molar-refractivity contribution in [1.82, 2.24) is 0 Å². The molecule has 6 heteroatoms. The number of carbonyl (C=O) groups excluding carboxylic acids is 2. The summed E-state index contributed by atoms with van der Waals surface area (Å²) < 4.78 is 10.5. The number of carbonyl (C=O) groups is 2. The molecule has 0 aromatic heterocycles. The number of anilines is 1. The molecule has 26 heavy (non-hydrogen) atoms. The Kier molecular flexibility index (Phi) is 4.32. The number of ether oxygens (including phenoxy) is 2. The molecule has 0 bridgehead atoms. The van der Waals surface area contributed by atoms with E-state index < -0.39 is 0 Å². The summed E-state index contributed by atoms with van der Waals surface area (Å²) in [7, 11) is 1.36. The Morgan fingerprint density at radius 3 is 2.85 bits per heavy atom. The smallest absolute Gasteiger partial charge is 0.337 e. The van der Waals surface area contributed by atoms with Gasteiger partial charge in [0, 0.05) is 17.3 Å². The Labute approximate surface area is 156 Å². The van der Waals surface area contributed by atoms with Crippen molar-refractivity contribution in [2.45, 2.75) is 12.8 Å². The van der Waals surface area contributed by atoms with Crippen molar-refractivity contribution in [3.63, 3.8) is 0 Å². The van der Waals surface area contributed by atoms with Crippen LogP contribution >= 0.6 is 11.6 Å². The van der Waals surface area contributed by atoms with Gasteiger partial charge in [0.1, 0.15) is 12.4 Å². The van der Waals surface area contributed by atoms with E-state index in [2.05, 4.69) is 0 Å². The van der Waals surface area contributed by atoms with Crippen molar-refractivity contribution in [3.8, 4) is 5.75 Å². The van der Waals surface area contributed by atoms with Gasteiger partial charge < -0.3 is 14.4 Å². The van der Waals surface area contributed by atoms with Gasteiger partial charge in [0.15, 0.2) is 0 Å². The number of rotatable bonds is 2. The zero-order valence-electron chi connectivity index (χ0n) is 14.3. The number of benzene rings is 2. The molecule has 2 heterocycles. The summed E-state index contributed by atoms with van der Waals surface area (Å²) in [5.74, 6) is 0.224. The van der Waals surface area contributed by atoms with Crippen LogP contribution in [0.2, 0.25) is 5.02 Å². The fourth-order valence-electron chi connectivity index (χ4n) is 3.62. The van der Waals surface area contributed by atoms with Crippen molar-refractivity contribution in [1.29, 1.82) is 0 Å². The van der Waals surface area contributed by atoms with Crippen LogP contribution in [0, 0.1) is 5.92 Å². The number of nitrogens with zero attached hydrogens (tertiary/aromatic N) is 1. The Bertz CT molecular complexity index is 895. The highest BCUT2D eigenvalue weighted by Gasteiger charge is 2.33. The van der Waals surface area contributed by atoms with Crippen LogP contribution in [0.1, 0.15) is 21.5 Å². The Balaban J connectivity index is 1.55. The lowest BCUT2D eigenvalue weighted by molar-refractivity contribution is -0.123. The number of methoxy groups -OCH3 is 1. The van der Waals surface area contributed by atoms with Crippen molar-refractivity contribution in [3.05, 3.63) is 58.1 Å². The van der Waals surface area contributed by atoms with Crippen LogP contribution in [0.25, 0.3) is 0 Å². The largest absolute Gasteiger partial charge is 0.492 e. The topological polar surface area (TPSA) is 55.8 Å². The maximum atomic E-state index is 13.1. The summed E-state index contributed by atoms with van der Waals surface area (Å²) in [6.07, 6.45) is 1.34. The molecule has 134 valence electrons.